The van der Waals surface area contributed by atoms with Gasteiger partial charge in [-0.2, -0.15) is 0 Å². The first kappa shape index (κ1) is 17.4. The standard InChI is InChI=1S/C20H23NO4/c1-2-25-18-11-17(18)19(22)21-12-16(20(23)24)10-13-7-8-14-5-3-4-6-15(14)9-13/h3-9,16-18H,2,10-12H2,1H3,(H,21,22)(H,23,24). The van der Waals surface area contributed by atoms with E-state index in [4.69, 9.17) is 4.74 Å². The summed E-state index contributed by atoms with van der Waals surface area (Å²) < 4.78 is 5.40. The fraction of sp³-hybridized carbons (Fsp3) is 0.400. The lowest BCUT2D eigenvalue weighted by molar-refractivity contribution is -0.141. The Morgan fingerprint density at radius 3 is 2.72 bits per heavy atom. The number of nitrogens with one attached hydrogen (secondary N) is 1. The number of ether oxygens (including phenoxy) is 1. The molecule has 2 N–H and O–H groups in total. The van der Waals surface area contributed by atoms with E-state index in [1.807, 2.05) is 49.4 Å². The minimum atomic E-state index is -0.898. The van der Waals surface area contributed by atoms with Crippen LogP contribution in [-0.4, -0.2) is 36.2 Å². The van der Waals surface area contributed by atoms with Gasteiger partial charge in [0.1, 0.15) is 0 Å². The van der Waals surface area contributed by atoms with E-state index in [2.05, 4.69) is 5.32 Å². The molecule has 0 saturated heterocycles. The maximum absolute atomic E-state index is 12.1. The second-order valence-corrected chi connectivity index (χ2v) is 6.50. The molecule has 5 nitrogen and oxygen atoms in total. The molecular formula is C20H23NO4. The lowest BCUT2D eigenvalue weighted by Gasteiger charge is -2.14. The van der Waals surface area contributed by atoms with Crippen molar-refractivity contribution < 1.29 is 19.4 Å². The first-order valence-corrected chi connectivity index (χ1v) is 8.68. The predicted octanol–water partition coefficient (Wildman–Crippen LogP) is 2.62. The third kappa shape index (κ3) is 4.37. The average Bonchev–Trinajstić information content (AvgIpc) is 3.37. The summed E-state index contributed by atoms with van der Waals surface area (Å²) in [7, 11) is 0. The molecule has 0 heterocycles. The van der Waals surface area contributed by atoms with Crippen LogP contribution in [0.15, 0.2) is 42.5 Å². The van der Waals surface area contributed by atoms with Gasteiger partial charge in [0, 0.05) is 13.2 Å². The smallest absolute Gasteiger partial charge is 0.308 e. The Balaban J connectivity index is 1.59. The molecule has 132 valence electrons. The van der Waals surface area contributed by atoms with Crippen molar-refractivity contribution in [2.75, 3.05) is 13.2 Å². The molecular weight excluding hydrogens is 318 g/mol. The van der Waals surface area contributed by atoms with Crippen molar-refractivity contribution in [2.24, 2.45) is 11.8 Å². The minimum Gasteiger partial charge on any atom is -0.481 e. The molecule has 3 atom stereocenters. The third-order valence-electron chi connectivity index (χ3n) is 4.62. The summed E-state index contributed by atoms with van der Waals surface area (Å²) in [6, 6.07) is 13.9. The fourth-order valence-electron chi connectivity index (χ4n) is 3.10. The Hall–Kier alpha value is -2.40. The molecule has 3 rings (SSSR count). The minimum absolute atomic E-state index is 0.00577. The van der Waals surface area contributed by atoms with Gasteiger partial charge < -0.3 is 15.2 Å². The molecule has 5 heteroatoms. The van der Waals surface area contributed by atoms with Gasteiger partial charge in [-0.25, -0.2) is 0 Å². The molecule has 1 saturated carbocycles. The maximum Gasteiger partial charge on any atom is 0.308 e. The molecule has 0 spiro atoms. The first-order chi connectivity index (χ1) is 12.1. The summed E-state index contributed by atoms with van der Waals surface area (Å²) in [4.78, 5) is 23.6. The number of hydrogen-bond donors (Lipinski definition) is 2. The number of benzene rings is 2. The van der Waals surface area contributed by atoms with Gasteiger partial charge in [0.15, 0.2) is 0 Å². The second kappa shape index (κ2) is 7.66. The molecule has 1 aliphatic rings. The van der Waals surface area contributed by atoms with Gasteiger partial charge in [0.05, 0.1) is 17.9 Å². The van der Waals surface area contributed by atoms with E-state index in [0.717, 1.165) is 22.8 Å². The Bertz CT molecular complexity index is 773. The van der Waals surface area contributed by atoms with Crippen molar-refractivity contribution in [3.63, 3.8) is 0 Å². The SMILES string of the molecule is CCOC1CC1C(=O)NCC(Cc1ccc2ccccc2c1)C(=O)O. The molecule has 1 aliphatic carbocycles. The van der Waals surface area contributed by atoms with Crippen LogP contribution in [0.2, 0.25) is 0 Å². The first-order valence-electron chi connectivity index (χ1n) is 8.68. The van der Waals surface area contributed by atoms with Gasteiger partial charge in [-0.3, -0.25) is 9.59 Å². The van der Waals surface area contributed by atoms with Crippen LogP contribution < -0.4 is 5.32 Å². The number of carbonyl (C=O) groups is 2. The monoisotopic (exact) mass is 341 g/mol. The molecule has 0 bridgehead atoms. The van der Waals surface area contributed by atoms with Gasteiger partial charge in [-0.1, -0.05) is 42.5 Å². The highest BCUT2D eigenvalue weighted by Crippen LogP contribution is 2.33. The van der Waals surface area contributed by atoms with Crippen LogP contribution in [0.3, 0.4) is 0 Å². The average molecular weight is 341 g/mol. The summed E-state index contributed by atoms with van der Waals surface area (Å²) in [6.07, 6.45) is 1.11. The van der Waals surface area contributed by atoms with Crippen molar-refractivity contribution in [1.29, 1.82) is 0 Å². The summed E-state index contributed by atoms with van der Waals surface area (Å²) in [5, 5.41) is 14.5. The van der Waals surface area contributed by atoms with Crippen molar-refractivity contribution in [3.05, 3.63) is 48.0 Å². The maximum atomic E-state index is 12.1. The van der Waals surface area contributed by atoms with Crippen molar-refractivity contribution >= 4 is 22.6 Å². The molecule has 1 fully saturated rings. The second-order valence-electron chi connectivity index (χ2n) is 6.50. The van der Waals surface area contributed by atoms with Crippen molar-refractivity contribution in [1.82, 2.24) is 5.32 Å². The van der Waals surface area contributed by atoms with Gasteiger partial charge in [0.25, 0.3) is 0 Å². The van der Waals surface area contributed by atoms with Crippen LogP contribution >= 0.6 is 0 Å². The zero-order valence-corrected chi connectivity index (χ0v) is 14.3. The number of carboxylic acids is 1. The Morgan fingerprint density at radius 2 is 2.00 bits per heavy atom. The zero-order valence-electron chi connectivity index (χ0n) is 14.3. The topological polar surface area (TPSA) is 75.6 Å². The number of hydrogen-bond acceptors (Lipinski definition) is 3. The van der Waals surface area contributed by atoms with Crippen LogP contribution in [0.25, 0.3) is 10.8 Å². The van der Waals surface area contributed by atoms with Crippen molar-refractivity contribution in [3.8, 4) is 0 Å². The largest absolute Gasteiger partial charge is 0.481 e. The number of rotatable bonds is 8. The molecule has 2 aromatic carbocycles. The van der Waals surface area contributed by atoms with Gasteiger partial charge in [0.2, 0.25) is 5.91 Å². The van der Waals surface area contributed by atoms with E-state index in [1.54, 1.807) is 0 Å². The zero-order chi connectivity index (χ0) is 17.8. The van der Waals surface area contributed by atoms with Gasteiger partial charge in [-0.15, -0.1) is 0 Å². The summed E-state index contributed by atoms with van der Waals surface area (Å²) in [5.74, 6) is -1.78. The molecule has 0 radical (unpaired) electrons. The van der Waals surface area contributed by atoms with Gasteiger partial charge in [-0.05, 0) is 36.1 Å². The van der Waals surface area contributed by atoms with E-state index in [1.165, 1.54) is 0 Å². The third-order valence-corrected chi connectivity index (χ3v) is 4.62. The van der Waals surface area contributed by atoms with E-state index < -0.39 is 11.9 Å². The van der Waals surface area contributed by atoms with Crippen LogP contribution in [0.4, 0.5) is 0 Å². The number of amides is 1. The number of aliphatic carboxylic acids is 1. The van der Waals surface area contributed by atoms with Crippen LogP contribution in [0.5, 0.6) is 0 Å². The number of carbonyl (C=O) groups excluding carboxylic acids is 1. The lowest BCUT2D eigenvalue weighted by Crippen LogP contribution is -2.35. The predicted molar refractivity (Wildman–Crippen MR) is 95.3 cm³/mol. The van der Waals surface area contributed by atoms with E-state index in [9.17, 15) is 14.7 Å². The van der Waals surface area contributed by atoms with Crippen LogP contribution in [-0.2, 0) is 20.7 Å². The molecule has 2 aromatic rings. The highest BCUT2D eigenvalue weighted by Gasteiger charge is 2.44. The van der Waals surface area contributed by atoms with E-state index >= 15 is 0 Å². The highest BCUT2D eigenvalue weighted by atomic mass is 16.5. The normalized spacial score (nSPS) is 20.2. The molecule has 25 heavy (non-hydrogen) atoms. The van der Waals surface area contributed by atoms with E-state index in [0.29, 0.717) is 13.0 Å². The molecule has 0 aromatic heterocycles. The summed E-state index contributed by atoms with van der Waals surface area (Å²) >= 11 is 0. The number of fused-ring (bicyclic) bond motifs is 1. The Labute approximate surface area is 147 Å². The highest BCUT2D eigenvalue weighted by molar-refractivity contribution is 5.84. The summed E-state index contributed by atoms with van der Waals surface area (Å²) in [5.41, 5.74) is 0.957. The fourth-order valence-corrected chi connectivity index (χ4v) is 3.10. The molecule has 3 unspecified atom stereocenters. The summed E-state index contributed by atoms with van der Waals surface area (Å²) in [6.45, 7) is 2.63. The van der Waals surface area contributed by atoms with Crippen molar-refractivity contribution in [2.45, 2.75) is 25.9 Å². The Morgan fingerprint density at radius 1 is 1.24 bits per heavy atom. The van der Waals surface area contributed by atoms with Crippen LogP contribution in [0, 0.1) is 11.8 Å². The quantitative estimate of drug-likeness (QED) is 0.774. The van der Waals surface area contributed by atoms with Crippen LogP contribution in [0.1, 0.15) is 18.9 Å². The number of carboxylic acid groups (broad SMARTS) is 1. The van der Waals surface area contributed by atoms with Gasteiger partial charge >= 0.3 is 5.97 Å². The van der Waals surface area contributed by atoms with E-state index in [-0.39, 0.29) is 24.5 Å². The molecule has 1 amide bonds. The lowest BCUT2D eigenvalue weighted by atomic mass is 9.97. The Kier molecular flexibility index (Phi) is 5.34. The molecule has 0 aliphatic heterocycles.